The lowest BCUT2D eigenvalue weighted by Crippen LogP contribution is -2.02. The summed E-state index contributed by atoms with van der Waals surface area (Å²) in [5, 5.41) is 8.70. The molecule has 0 saturated heterocycles. The van der Waals surface area contributed by atoms with Gasteiger partial charge in [-0.1, -0.05) is 0 Å². The van der Waals surface area contributed by atoms with E-state index in [2.05, 4.69) is 0 Å². The van der Waals surface area contributed by atoms with E-state index in [0.717, 1.165) is 19.3 Å². The molecule has 0 bridgehead atoms. The predicted octanol–water partition coefficient (Wildman–Crippen LogP) is 1.89. The molecule has 0 aliphatic carbocycles. The summed E-state index contributed by atoms with van der Waals surface area (Å²) in [7, 11) is 0. The number of hydrogen-bond acceptors (Lipinski definition) is 3. The Kier molecular flexibility index (Phi) is 5.36. The summed E-state index contributed by atoms with van der Waals surface area (Å²) in [5.74, 6) is -0.216. The SMILES string of the molecule is NCCCCCOc1ccc(C(=O)O)cc1. The highest BCUT2D eigenvalue weighted by Gasteiger charge is 2.01. The maximum atomic E-state index is 10.6. The van der Waals surface area contributed by atoms with Gasteiger partial charge >= 0.3 is 5.97 Å². The minimum absolute atomic E-state index is 0.274. The molecule has 0 aliphatic heterocycles. The van der Waals surface area contributed by atoms with Gasteiger partial charge in [-0.25, -0.2) is 4.79 Å². The van der Waals surface area contributed by atoms with Crippen molar-refractivity contribution >= 4 is 5.97 Å². The topological polar surface area (TPSA) is 72.5 Å². The minimum atomic E-state index is -0.922. The van der Waals surface area contributed by atoms with Crippen LogP contribution in [0.5, 0.6) is 5.75 Å². The van der Waals surface area contributed by atoms with Gasteiger partial charge in [0.2, 0.25) is 0 Å². The highest BCUT2D eigenvalue weighted by atomic mass is 16.5. The minimum Gasteiger partial charge on any atom is -0.494 e. The molecule has 4 heteroatoms. The fraction of sp³-hybridized carbons (Fsp3) is 0.417. The molecule has 3 N–H and O–H groups in total. The molecule has 0 amide bonds. The van der Waals surface area contributed by atoms with Gasteiger partial charge in [-0.15, -0.1) is 0 Å². The van der Waals surface area contributed by atoms with E-state index in [4.69, 9.17) is 15.6 Å². The third-order valence-corrected chi connectivity index (χ3v) is 2.22. The zero-order chi connectivity index (χ0) is 11.8. The Bertz CT molecular complexity index is 322. The Hall–Kier alpha value is -1.55. The van der Waals surface area contributed by atoms with Gasteiger partial charge in [-0.3, -0.25) is 0 Å². The molecule has 16 heavy (non-hydrogen) atoms. The van der Waals surface area contributed by atoms with Crippen molar-refractivity contribution in [2.45, 2.75) is 19.3 Å². The van der Waals surface area contributed by atoms with E-state index in [1.807, 2.05) is 0 Å². The van der Waals surface area contributed by atoms with Crippen LogP contribution in [0.15, 0.2) is 24.3 Å². The van der Waals surface area contributed by atoms with Crippen LogP contribution in [0.1, 0.15) is 29.6 Å². The highest BCUT2D eigenvalue weighted by Crippen LogP contribution is 2.12. The van der Waals surface area contributed by atoms with Crippen LogP contribution in [0.2, 0.25) is 0 Å². The zero-order valence-corrected chi connectivity index (χ0v) is 9.19. The van der Waals surface area contributed by atoms with Gasteiger partial charge in [0.1, 0.15) is 5.75 Å². The van der Waals surface area contributed by atoms with E-state index in [9.17, 15) is 4.79 Å². The molecule has 0 fully saturated rings. The molecule has 1 aromatic rings. The van der Waals surface area contributed by atoms with Crippen molar-refractivity contribution in [3.8, 4) is 5.75 Å². The van der Waals surface area contributed by atoms with E-state index in [-0.39, 0.29) is 5.56 Å². The smallest absolute Gasteiger partial charge is 0.335 e. The fourth-order valence-corrected chi connectivity index (χ4v) is 1.31. The number of nitrogens with two attached hydrogens (primary N) is 1. The lowest BCUT2D eigenvalue weighted by molar-refractivity contribution is 0.0697. The number of unbranched alkanes of at least 4 members (excludes halogenated alkanes) is 2. The van der Waals surface area contributed by atoms with Gasteiger partial charge in [-0.2, -0.15) is 0 Å². The largest absolute Gasteiger partial charge is 0.494 e. The van der Waals surface area contributed by atoms with Crippen molar-refractivity contribution in [3.05, 3.63) is 29.8 Å². The number of carboxylic acids is 1. The van der Waals surface area contributed by atoms with Crippen molar-refractivity contribution in [1.82, 2.24) is 0 Å². The lowest BCUT2D eigenvalue weighted by atomic mass is 10.2. The third-order valence-electron chi connectivity index (χ3n) is 2.22. The van der Waals surface area contributed by atoms with Crippen molar-refractivity contribution in [1.29, 1.82) is 0 Å². The number of aromatic carboxylic acids is 1. The van der Waals surface area contributed by atoms with Crippen LogP contribution in [0.3, 0.4) is 0 Å². The summed E-state index contributed by atoms with van der Waals surface area (Å²) in [4.78, 5) is 10.6. The van der Waals surface area contributed by atoms with Crippen molar-refractivity contribution in [3.63, 3.8) is 0 Å². The second kappa shape index (κ2) is 6.85. The maximum Gasteiger partial charge on any atom is 0.335 e. The van der Waals surface area contributed by atoms with Crippen molar-refractivity contribution < 1.29 is 14.6 Å². The Labute approximate surface area is 95.0 Å². The third kappa shape index (κ3) is 4.31. The number of hydrogen-bond donors (Lipinski definition) is 2. The Morgan fingerprint density at radius 2 is 1.88 bits per heavy atom. The maximum absolute atomic E-state index is 10.6. The molecule has 0 unspecified atom stereocenters. The fourth-order valence-electron chi connectivity index (χ4n) is 1.31. The first-order valence-electron chi connectivity index (χ1n) is 5.40. The summed E-state index contributed by atoms with van der Waals surface area (Å²) in [6.07, 6.45) is 3.04. The van der Waals surface area contributed by atoms with Gasteiger partial charge in [0, 0.05) is 0 Å². The van der Waals surface area contributed by atoms with Crippen LogP contribution in [-0.4, -0.2) is 24.2 Å². The van der Waals surface area contributed by atoms with Gasteiger partial charge in [0.25, 0.3) is 0 Å². The molecule has 1 aromatic carbocycles. The second-order valence-corrected chi connectivity index (χ2v) is 3.53. The molecular weight excluding hydrogens is 206 g/mol. The molecule has 0 saturated carbocycles. The molecular formula is C12H17NO3. The van der Waals surface area contributed by atoms with Crippen LogP contribution >= 0.6 is 0 Å². The van der Waals surface area contributed by atoms with Crippen LogP contribution < -0.4 is 10.5 Å². The summed E-state index contributed by atoms with van der Waals surface area (Å²) in [6.45, 7) is 1.36. The predicted molar refractivity (Wildman–Crippen MR) is 61.8 cm³/mol. The first-order chi connectivity index (χ1) is 7.74. The van der Waals surface area contributed by atoms with Gasteiger partial charge < -0.3 is 15.6 Å². The summed E-state index contributed by atoms with van der Waals surface area (Å²) >= 11 is 0. The average Bonchev–Trinajstić information content (AvgIpc) is 2.29. The quantitative estimate of drug-likeness (QED) is 0.692. The first kappa shape index (κ1) is 12.5. The molecule has 0 aromatic heterocycles. The van der Waals surface area contributed by atoms with Crippen molar-refractivity contribution in [2.75, 3.05) is 13.2 Å². The Balaban J connectivity index is 2.29. The van der Waals surface area contributed by atoms with Gasteiger partial charge in [0.05, 0.1) is 12.2 Å². The van der Waals surface area contributed by atoms with Crippen LogP contribution in [0.25, 0.3) is 0 Å². The van der Waals surface area contributed by atoms with Gasteiger partial charge in [0.15, 0.2) is 0 Å². The Morgan fingerprint density at radius 3 is 2.44 bits per heavy atom. The van der Waals surface area contributed by atoms with Crippen LogP contribution in [-0.2, 0) is 0 Å². The zero-order valence-electron chi connectivity index (χ0n) is 9.19. The van der Waals surface area contributed by atoms with E-state index < -0.39 is 5.97 Å². The van der Waals surface area contributed by atoms with E-state index in [1.165, 1.54) is 12.1 Å². The molecule has 0 aliphatic rings. The standard InChI is InChI=1S/C12H17NO3/c13-8-2-1-3-9-16-11-6-4-10(5-7-11)12(14)15/h4-7H,1-3,8-9,13H2,(H,14,15). The molecule has 0 heterocycles. The number of ether oxygens (including phenoxy) is 1. The summed E-state index contributed by atoms with van der Waals surface area (Å²) in [6, 6.07) is 6.42. The number of benzene rings is 1. The molecule has 4 nitrogen and oxygen atoms in total. The van der Waals surface area contributed by atoms with E-state index >= 15 is 0 Å². The first-order valence-corrected chi connectivity index (χ1v) is 5.40. The monoisotopic (exact) mass is 223 g/mol. The molecule has 88 valence electrons. The number of carboxylic acid groups (broad SMARTS) is 1. The lowest BCUT2D eigenvalue weighted by Gasteiger charge is -2.05. The molecule has 1 rings (SSSR count). The Morgan fingerprint density at radius 1 is 1.19 bits per heavy atom. The summed E-state index contributed by atoms with van der Waals surface area (Å²) < 4.78 is 5.45. The molecule has 0 radical (unpaired) electrons. The van der Waals surface area contributed by atoms with E-state index in [1.54, 1.807) is 12.1 Å². The number of carbonyl (C=O) groups is 1. The highest BCUT2D eigenvalue weighted by molar-refractivity contribution is 5.87. The van der Waals surface area contributed by atoms with Crippen molar-refractivity contribution in [2.24, 2.45) is 5.73 Å². The number of rotatable bonds is 7. The summed E-state index contributed by atoms with van der Waals surface area (Å²) in [5.41, 5.74) is 5.64. The average molecular weight is 223 g/mol. The molecule has 0 spiro atoms. The van der Waals surface area contributed by atoms with Crippen LogP contribution in [0.4, 0.5) is 0 Å². The normalized spacial score (nSPS) is 10.1. The van der Waals surface area contributed by atoms with Crippen LogP contribution in [0, 0.1) is 0 Å². The van der Waals surface area contributed by atoms with E-state index in [0.29, 0.717) is 18.9 Å². The molecule has 0 atom stereocenters. The second-order valence-electron chi connectivity index (χ2n) is 3.53. The van der Waals surface area contributed by atoms with Gasteiger partial charge in [-0.05, 0) is 50.1 Å².